The topological polar surface area (TPSA) is 46.5 Å². The van der Waals surface area contributed by atoms with E-state index in [0.717, 1.165) is 47.9 Å². The molecule has 0 aromatic heterocycles. The van der Waals surface area contributed by atoms with Crippen molar-refractivity contribution >= 4 is 5.97 Å². The summed E-state index contributed by atoms with van der Waals surface area (Å²) < 4.78 is 5.83. The molecule has 0 radical (unpaired) electrons. The van der Waals surface area contributed by atoms with Crippen molar-refractivity contribution in [1.82, 2.24) is 0 Å². The molecular formula is C30H42O3. The molecule has 0 saturated carbocycles. The van der Waals surface area contributed by atoms with Crippen LogP contribution in [0, 0.1) is 0 Å². The number of carbonyl (C=O) groups is 1. The number of hydrogen-bond donors (Lipinski definition) is 1. The fraction of sp³-hybridized carbons (Fsp3) is 0.500. The predicted molar refractivity (Wildman–Crippen MR) is 139 cm³/mol. The van der Waals surface area contributed by atoms with E-state index >= 15 is 0 Å². The van der Waals surface area contributed by atoms with Gasteiger partial charge in [0.2, 0.25) is 0 Å². The smallest absolute Gasteiger partial charge is 0.335 e. The van der Waals surface area contributed by atoms with Crippen LogP contribution in [0.4, 0.5) is 0 Å². The number of ether oxygens (including phenoxy) is 1. The van der Waals surface area contributed by atoms with Gasteiger partial charge in [0.1, 0.15) is 11.5 Å². The first-order chi connectivity index (χ1) is 15.3. The zero-order valence-corrected chi connectivity index (χ0v) is 21.9. The average molecular weight is 451 g/mol. The molecule has 3 heteroatoms. The van der Waals surface area contributed by atoms with Crippen molar-refractivity contribution in [2.24, 2.45) is 0 Å². The molecule has 1 N–H and O–H groups in total. The standard InChI is InChI=1S/C30H42O3/c1-10-13-20-15-22(27(32)24(17-20)29(4,5)6)19-23-16-21(14-11-2)18-25(30(7,8)9)28(23)33-26(31)12-3/h12,15-18,32H,3,10-11,13-14,19H2,1-2,4-9H3. The van der Waals surface area contributed by atoms with E-state index in [2.05, 4.69) is 86.2 Å². The Labute approximate surface area is 200 Å². The summed E-state index contributed by atoms with van der Waals surface area (Å²) in [5.41, 5.74) is 5.80. The van der Waals surface area contributed by atoms with Gasteiger partial charge in [-0.15, -0.1) is 0 Å². The third-order valence-corrected chi connectivity index (χ3v) is 5.92. The highest BCUT2D eigenvalue weighted by atomic mass is 16.5. The second kappa shape index (κ2) is 10.6. The molecule has 33 heavy (non-hydrogen) atoms. The van der Waals surface area contributed by atoms with Crippen LogP contribution in [0.3, 0.4) is 0 Å². The van der Waals surface area contributed by atoms with Crippen LogP contribution < -0.4 is 4.74 Å². The summed E-state index contributed by atoms with van der Waals surface area (Å²) in [5.74, 6) is 0.454. The van der Waals surface area contributed by atoms with Gasteiger partial charge in [-0.1, -0.05) is 99.1 Å². The lowest BCUT2D eigenvalue weighted by Gasteiger charge is -2.27. The molecule has 0 amide bonds. The monoisotopic (exact) mass is 450 g/mol. The Morgan fingerprint density at radius 3 is 1.82 bits per heavy atom. The molecule has 0 atom stereocenters. The van der Waals surface area contributed by atoms with Gasteiger partial charge in [-0.2, -0.15) is 0 Å². The van der Waals surface area contributed by atoms with E-state index in [1.165, 1.54) is 17.2 Å². The van der Waals surface area contributed by atoms with Crippen molar-refractivity contribution < 1.29 is 14.6 Å². The second-order valence-corrected chi connectivity index (χ2v) is 11.1. The summed E-state index contributed by atoms with van der Waals surface area (Å²) in [6, 6.07) is 8.53. The van der Waals surface area contributed by atoms with E-state index in [-0.39, 0.29) is 10.8 Å². The van der Waals surface area contributed by atoms with Crippen LogP contribution in [0.2, 0.25) is 0 Å². The minimum Gasteiger partial charge on any atom is -0.507 e. The number of aryl methyl sites for hydroxylation is 2. The number of aromatic hydroxyl groups is 1. The number of phenolic OH excluding ortho intramolecular Hbond substituents is 1. The molecule has 2 aromatic carbocycles. The molecule has 0 bridgehead atoms. The Hall–Kier alpha value is -2.55. The maximum Gasteiger partial charge on any atom is 0.335 e. The maximum atomic E-state index is 12.3. The van der Waals surface area contributed by atoms with Crippen LogP contribution in [0.5, 0.6) is 11.5 Å². The van der Waals surface area contributed by atoms with Crippen LogP contribution >= 0.6 is 0 Å². The van der Waals surface area contributed by atoms with Crippen molar-refractivity contribution in [3.63, 3.8) is 0 Å². The number of esters is 1. The zero-order chi connectivity index (χ0) is 25.0. The Balaban J connectivity index is 2.77. The fourth-order valence-corrected chi connectivity index (χ4v) is 4.24. The van der Waals surface area contributed by atoms with Gasteiger partial charge in [0.15, 0.2) is 0 Å². The van der Waals surface area contributed by atoms with Crippen LogP contribution in [0.1, 0.15) is 102 Å². The van der Waals surface area contributed by atoms with Gasteiger partial charge >= 0.3 is 5.97 Å². The van der Waals surface area contributed by atoms with Gasteiger partial charge in [-0.05, 0) is 45.9 Å². The number of phenols is 1. The minimum absolute atomic E-state index is 0.179. The summed E-state index contributed by atoms with van der Waals surface area (Å²) >= 11 is 0. The Morgan fingerprint density at radius 2 is 1.36 bits per heavy atom. The minimum atomic E-state index is -0.468. The lowest BCUT2D eigenvalue weighted by Crippen LogP contribution is -2.18. The highest BCUT2D eigenvalue weighted by Crippen LogP contribution is 2.40. The van der Waals surface area contributed by atoms with Crippen molar-refractivity contribution in [3.05, 3.63) is 70.3 Å². The van der Waals surface area contributed by atoms with Gasteiger partial charge in [0, 0.05) is 23.6 Å². The molecule has 0 aliphatic heterocycles. The summed E-state index contributed by atoms with van der Waals surface area (Å²) in [5, 5.41) is 11.3. The first-order valence-electron chi connectivity index (χ1n) is 12.2. The van der Waals surface area contributed by atoms with Crippen LogP contribution in [0.15, 0.2) is 36.9 Å². The molecule has 0 heterocycles. The van der Waals surface area contributed by atoms with E-state index in [0.29, 0.717) is 17.9 Å². The summed E-state index contributed by atoms with van der Waals surface area (Å²) in [6.45, 7) is 20.7. The molecule has 0 aliphatic carbocycles. The molecule has 2 rings (SSSR count). The third-order valence-electron chi connectivity index (χ3n) is 5.92. The quantitative estimate of drug-likeness (QED) is 0.256. The van der Waals surface area contributed by atoms with Gasteiger partial charge in [-0.25, -0.2) is 4.79 Å². The molecule has 2 aromatic rings. The molecule has 0 fully saturated rings. The van der Waals surface area contributed by atoms with E-state index in [4.69, 9.17) is 4.74 Å². The van der Waals surface area contributed by atoms with Crippen molar-refractivity contribution in [2.45, 2.75) is 98.3 Å². The lowest BCUT2D eigenvalue weighted by atomic mass is 9.81. The number of rotatable bonds is 8. The third kappa shape index (κ3) is 6.72. The predicted octanol–water partition coefficient (Wildman–Crippen LogP) is 7.57. The Bertz CT molecular complexity index is 1000. The largest absolute Gasteiger partial charge is 0.507 e. The molecule has 0 unspecified atom stereocenters. The number of hydrogen-bond acceptors (Lipinski definition) is 3. The SMILES string of the molecule is C=CC(=O)Oc1c(Cc2cc(CCC)cc(C(C)(C)C)c2O)cc(CCC)cc1C(C)(C)C. The van der Waals surface area contributed by atoms with Gasteiger partial charge < -0.3 is 9.84 Å². The van der Waals surface area contributed by atoms with Gasteiger partial charge in [-0.3, -0.25) is 0 Å². The summed E-state index contributed by atoms with van der Waals surface area (Å²) in [7, 11) is 0. The first kappa shape index (κ1) is 26.7. The van der Waals surface area contributed by atoms with Crippen molar-refractivity contribution in [3.8, 4) is 11.5 Å². The molecule has 0 aliphatic rings. The number of carbonyl (C=O) groups excluding carboxylic acids is 1. The first-order valence-corrected chi connectivity index (χ1v) is 12.2. The molecular weight excluding hydrogens is 408 g/mol. The highest BCUT2D eigenvalue weighted by Gasteiger charge is 2.26. The normalized spacial score (nSPS) is 12.0. The van der Waals surface area contributed by atoms with Crippen molar-refractivity contribution in [2.75, 3.05) is 0 Å². The molecule has 180 valence electrons. The maximum absolute atomic E-state index is 12.3. The van der Waals surface area contributed by atoms with Crippen molar-refractivity contribution in [1.29, 1.82) is 0 Å². The van der Waals surface area contributed by atoms with Crippen LogP contribution in [-0.4, -0.2) is 11.1 Å². The molecule has 0 spiro atoms. The van der Waals surface area contributed by atoms with E-state index in [9.17, 15) is 9.90 Å². The average Bonchev–Trinajstić information content (AvgIpc) is 2.70. The Morgan fingerprint density at radius 1 is 0.879 bits per heavy atom. The molecule has 3 nitrogen and oxygen atoms in total. The van der Waals surface area contributed by atoms with Crippen LogP contribution in [0.25, 0.3) is 0 Å². The highest BCUT2D eigenvalue weighted by molar-refractivity contribution is 5.84. The lowest BCUT2D eigenvalue weighted by molar-refractivity contribution is -0.129. The van der Waals surface area contributed by atoms with Gasteiger partial charge in [0.05, 0.1) is 0 Å². The van der Waals surface area contributed by atoms with E-state index < -0.39 is 5.97 Å². The van der Waals surface area contributed by atoms with E-state index in [1.807, 2.05) is 0 Å². The number of benzene rings is 2. The fourth-order valence-electron chi connectivity index (χ4n) is 4.24. The zero-order valence-electron chi connectivity index (χ0n) is 21.9. The van der Waals surface area contributed by atoms with Crippen LogP contribution in [-0.2, 0) is 34.9 Å². The van der Waals surface area contributed by atoms with Gasteiger partial charge in [0.25, 0.3) is 0 Å². The second-order valence-electron chi connectivity index (χ2n) is 11.1. The molecule has 0 saturated heterocycles. The van der Waals surface area contributed by atoms with E-state index in [1.54, 1.807) is 0 Å². The Kier molecular flexibility index (Phi) is 8.57. The summed E-state index contributed by atoms with van der Waals surface area (Å²) in [6.07, 6.45) is 5.66. The summed E-state index contributed by atoms with van der Waals surface area (Å²) in [4.78, 5) is 12.3.